The molecule has 1 aromatic carbocycles. The van der Waals surface area contributed by atoms with Crippen molar-refractivity contribution in [3.8, 4) is 0 Å². The molecule has 0 aliphatic carbocycles. The fraction of sp³-hybridized carbons (Fsp3) is 0.300. The van der Waals surface area contributed by atoms with Crippen molar-refractivity contribution in [3.63, 3.8) is 0 Å². The summed E-state index contributed by atoms with van der Waals surface area (Å²) in [6.07, 6.45) is 0.0940. The second-order valence-electron chi connectivity index (χ2n) is 3.02. The van der Waals surface area contributed by atoms with Crippen LogP contribution in [0.4, 0.5) is 5.69 Å². The van der Waals surface area contributed by atoms with Gasteiger partial charge in [-0.15, -0.1) is 0 Å². The molecule has 1 aromatic rings. The van der Waals surface area contributed by atoms with Crippen molar-refractivity contribution in [2.75, 3.05) is 18.6 Å². The van der Waals surface area contributed by atoms with Crippen LogP contribution in [-0.2, 0) is 4.79 Å². The number of nitrogens with zero attached hydrogens (tertiary/aromatic N) is 1. The first-order valence-corrected chi connectivity index (χ1v) is 5.14. The fourth-order valence-electron chi connectivity index (χ4n) is 1.10. The van der Waals surface area contributed by atoms with Crippen molar-refractivity contribution in [3.05, 3.63) is 28.2 Å². The zero-order valence-corrected chi connectivity index (χ0v) is 9.72. The molecule has 0 unspecified atom stereocenters. The predicted molar refractivity (Wildman–Crippen MR) is 61.6 cm³/mol. The summed E-state index contributed by atoms with van der Waals surface area (Å²) in [5.74, 6) is -0.170. The van der Waals surface area contributed by atoms with Crippen molar-refractivity contribution in [1.82, 2.24) is 0 Å². The highest BCUT2D eigenvalue weighted by atomic mass is 35.5. The standard InChI is InChI=1S/C10H11Cl2NO2/c1-13(10(15)4-5-14)7-2-3-8(11)9(12)6-7/h2-3,6,14H,4-5H2,1H3. The van der Waals surface area contributed by atoms with Crippen LogP contribution in [0.3, 0.4) is 0 Å². The number of amides is 1. The van der Waals surface area contributed by atoms with Crippen LogP contribution in [0.2, 0.25) is 10.0 Å². The van der Waals surface area contributed by atoms with E-state index in [1.54, 1.807) is 25.2 Å². The summed E-state index contributed by atoms with van der Waals surface area (Å²) < 4.78 is 0. The first kappa shape index (κ1) is 12.3. The Labute approximate surface area is 98.2 Å². The van der Waals surface area contributed by atoms with Crippen LogP contribution in [-0.4, -0.2) is 24.7 Å². The molecule has 0 saturated carbocycles. The smallest absolute Gasteiger partial charge is 0.229 e. The highest BCUT2D eigenvalue weighted by Crippen LogP contribution is 2.26. The van der Waals surface area contributed by atoms with E-state index in [4.69, 9.17) is 28.3 Å². The van der Waals surface area contributed by atoms with Gasteiger partial charge in [0.1, 0.15) is 0 Å². The predicted octanol–water partition coefficient (Wildman–Crippen LogP) is 2.34. The molecule has 1 N–H and O–H groups in total. The molecule has 0 atom stereocenters. The number of hydrogen-bond donors (Lipinski definition) is 1. The molecular weight excluding hydrogens is 237 g/mol. The van der Waals surface area contributed by atoms with E-state index in [1.807, 2.05) is 0 Å². The van der Waals surface area contributed by atoms with E-state index in [-0.39, 0.29) is 18.9 Å². The van der Waals surface area contributed by atoms with Crippen molar-refractivity contribution in [2.24, 2.45) is 0 Å². The lowest BCUT2D eigenvalue weighted by Crippen LogP contribution is -2.26. The third kappa shape index (κ3) is 3.09. The van der Waals surface area contributed by atoms with Gasteiger partial charge in [0.25, 0.3) is 0 Å². The number of aliphatic hydroxyl groups excluding tert-OH is 1. The van der Waals surface area contributed by atoms with Crippen molar-refractivity contribution in [1.29, 1.82) is 0 Å². The van der Waals surface area contributed by atoms with Gasteiger partial charge in [0.05, 0.1) is 23.1 Å². The lowest BCUT2D eigenvalue weighted by molar-refractivity contribution is -0.118. The van der Waals surface area contributed by atoms with Crippen LogP contribution in [0.5, 0.6) is 0 Å². The monoisotopic (exact) mass is 247 g/mol. The van der Waals surface area contributed by atoms with Gasteiger partial charge >= 0.3 is 0 Å². The minimum Gasteiger partial charge on any atom is -0.396 e. The van der Waals surface area contributed by atoms with Crippen LogP contribution in [0, 0.1) is 0 Å². The number of carbonyl (C=O) groups is 1. The maximum absolute atomic E-state index is 11.4. The van der Waals surface area contributed by atoms with E-state index >= 15 is 0 Å². The minimum atomic E-state index is -0.170. The van der Waals surface area contributed by atoms with Crippen LogP contribution in [0.15, 0.2) is 18.2 Å². The molecule has 0 spiro atoms. The molecule has 0 bridgehead atoms. The second-order valence-corrected chi connectivity index (χ2v) is 3.84. The topological polar surface area (TPSA) is 40.5 Å². The molecule has 0 radical (unpaired) electrons. The van der Waals surface area contributed by atoms with E-state index in [1.165, 1.54) is 4.90 Å². The Morgan fingerprint density at radius 1 is 1.40 bits per heavy atom. The number of aliphatic hydroxyl groups is 1. The Morgan fingerprint density at radius 2 is 2.07 bits per heavy atom. The summed E-state index contributed by atoms with van der Waals surface area (Å²) in [6, 6.07) is 4.94. The normalized spacial score (nSPS) is 10.1. The number of carbonyl (C=O) groups excluding carboxylic acids is 1. The molecule has 0 aliphatic rings. The molecule has 0 aromatic heterocycles. The number of halogens is 2. The Morgan fingerprint density at radius 3 is 2.60 bits per heavy atom. The van der Waals surface area contributed by atoms with Crippen LogP contribution in [0.1, 0.15) is 6.42 Å². The highest BCUT2D eigenvalue weighted by Gasteiger charge is 2.11. The van der Waals surface area contributed by atoms with Crippen LogP contribution < -0.4 is 4.90 Å². The first-order chi connectivity index (χ1) is 7.06. The number of hydrogen-bond acceptors (Lipinski definition) is 2. The largest absolute Gasteiger partial charge is 0.396 e. The van der Waals surface area contributed by atoms with Gasteiger partial charge in [-0.25, -0.2) is 0 Å². The Bertz CT molecular complexity index is 368. The molecule has 1 amide bonds. The fourth-order valence-corrected chi connectivity index (χ4v) is 1.39. The maximum Gasteiger partial charge on any atom is 0.229 e. The van der Waals surface area contributed by atoms with Gasteiger partial charge in [-0.3, -0.25) is 4.79 Å². The zero-order valence-electron chi connectivity index (χ0n) is 8.20. The van der Waals surface area contributed by atoms with E-state index < -0.39 is 0 Å². The number of rotatable bonds is 3. The summed E-state index contributed by atoms with van der Waals surface area (Å²) in [5.41, 5.74) is 0.655. The summed E-state index contributed by atoms with van der Waals surface area (Å²) >= 11 is 11.6. The van der Waals surface area contributed by atoms with Gasteiger partial charge in [-0.1, -0.05) is 23.2 Å². The molecule has 0 saturated heterocycles. The zero-order chi connectivity index (χ0) is 11.4. The summed E-state index contributed by atoms with van der Waals surface area (Å²) in [5, 5.41) is 9.48. The van der Waals surface area contributed by atoms with Gasteiger partial charge in [0, 0.05) is 12.7 Å². The van der Waals surface area contributed by atoms with E-state index in [2.05, 4.69) is 0 Å². The van der Waals surface area contributed by atoms with Crippen molar-refractivity contribution < 1.29 is 9.90 Å². The summed E-state index contributed by atoms with van der Waals surface area (Å²) in [7, 11) is 1.62. The van der Waals surface area contributed by atoms with Crippen molar-refractivity contribution in [2.45, 2.75) is 6.42 Å². The van der Waals surface area contributed by atoms with Gasteiger partial charge in [0.15, 0.2) is 0 Å². The molecule has 3 nitrogen and oxygen atoms in total. The molecule has 0 aliphatic heterocycles. The quantitative estimate of drug-likeness (QED) is 0.891. The molecule has 15 heavy (non-hydrogen) atoms. The summed E-state index contributed by atoms with van der Waals surface area (Å²) in [4.78, 5) is 12.9. The van der Waals surface area contributed by atoms with E-state index in [0.29, 0.717) is 15.7 Å². The molecule has 82 valence electrons. The van der Waals surface area contributed by atoms with Crippen LogP contribution >= 0.6 is 23.2 Å². The number of anilines is 1. The average Bonchev–Trinajstić information content (AvgIpc) is 2.21. The number of benzene rings is 1. The summed E-state index contributed by atoms with van der Waals surface area (Å²) in [6.45, 7) is -0.162. The maximum atomic E-state index is 11.4. The van der Waals surface area contributed by atoms with Gasteiger partial charge < -0.3 is 10.0 Å². The average molecular weight is 248 g/mol. The third-order valence-corrected chi connectivity index (χ3v) is 2.73. The highest BCUT2D eigenvalue weighted by molar-refractivity contribution is 6.42. The Kier molecular flexibility index (Phi) is 4.39. The second kappa shape index (κ2) is 5.35. The third-order valence-electron chi connectivity index (χ3n) is 1.99. The molecular formula is C10H11Cl2NO2. The van der Waals surface area contributed by atoms with Crippen LogP contribution in [0.25, 0.3) is 0 Å². The lowest BCUT2D eigenvalue weighted by atomic mass is 10.3. The molecule has 5 heteroatoms. The first-order valence-electron chi connectivity index (χ1n) is 4.38. The minimum absolute atomic E-state index is 0.0940. The molecule has 1 rings (SSSR count). The Balaban J connectivity index is 2.86. The van der Waals surface area contributed by atoms with E-state index in [0.717, 1.165) is 0 Å². The Hall–Kier alpha value is -0.770. The van der Waals surface area contributed by atoms with E-state index in [9.17, 15) is 4.79 Å². The SMILES string of the molecule is CN(C(=O)CCO)c1ccc(Cl)c(Cl)c1. The molecule has 0 fully saturated rings. The van der Waals surface area contributed by atoms with Gasteiger partial charge in [0.2, 0.25) is 5.91 Å². The van der Waals surface area contributed by atoms with Gasteiger partial charge in [-0.2, -0.15) is 0 Å². The molecule has 0 heterocycles. The van der Waals surface area contributed by atoms with Crippen molar-refractivity contribution >= 4 is 34.8 Å². The lowest BCUT2D eigenvalue weighted by Gasteiger charge is -2.17. The van der Waals surface area contributed by atoms with Gasteiger partial charge in [-0.05, 0) is 18.2 Å².